The second-order valence-corrected chi connectivity index (χ2v) is 10.7. The maximum atomic E-state index is 13.0. The predicted molar refractivity (Wildman–Crippen MR) is 150 cm³/mol. The molecule has 1 saturated heterocycles. The number of halogens is 4. The number of ether oxygens (including phenoxy) is 1. The van der Waals surface area contributed by atoms with Crippen LogP contribution in [0.5, 0.6) is 5.75 Å². The highest BCUT2D eigenvalue weighted by Gasteiger charge is 2.35. The molecule has 1 fully saturated rings. The van der Waals surface area contributed by atoms with Gasteiger partial charge in [-0.3, -0.25) is 19.3 Å². The van der Waals surface area contributed by atoms with Gasteiger partial charge < -0.3 is 10.1 Å². The van der Waals surface area contributed by atoms with E-state index in [0.29, 0.717) is 42.7 Å². The van der Waals surface area contributed by atoms with E-state index in [-0.39, 0.29) is 18.1 Å². The van der Waals surface area contributed by atoms with E-state index in [4.69, 9.17) is 51.1 Å². The second kappa shape index (κ2) is 11.8. The molecule has 0 bridgehead atoms. The predicted octanol–water partition coefficient (Wildman–Crippen LogP) is 7.86. The fraction of sp³-hybridized carbons (Fsp3) is 0.115. The monoisotopic (exact) mass is 594 g/mol. The average molecular weight is 596 g/mol. The van der Waals surface area contributed by atoms with Gasteiger partial charge in [-0.05, 0) is 78.4 Å². The SMILES string of the molecule is Cc1ccc(NC(=O)COc2ccc(Cl)cc2/C=C2\SC(=O)N(Cc3ccc(Cl)cc3Cl)C2=O)cc1Cl. The molecule has 3 aromatic rings. The van der Waals surface area contributed by atoms with Crippen molar-refractivity contribution in [3.05, 3.63) is 96.3 Å². The number of hydrogen-bond donors (Lipinski definition) is 1. The van der Waals surface area contributed by atoms with Crippen LogP contribution < -0.4 is 10.1 Å². The first kappa shape index (κ1) is 27.4. The van der Waals surface area contributed by atoms with Crippen LogP contribution in [0.2, 0.25) is 20.1 Å². The van der Waals surface area contributed by atoms with Crippen molar-refractivity contribution >= 4 is 87.0 Å². The van der Waals surface area contributed by atoms with Crippen LogP contribution in [0.1, 0.15) is 16.7 Å². The lowest BCUT2D eigenvalue weighted by molar-refractivity contribution is -0.123. The van der Waals surface area contributed by atoms with Gasteiger partial charge in [-0.15, -0.1) is 0 Å². The summed E-state index contributed by atoms with van der Waals surface area (Å²) in [5.74, 6) is -0.573. The molecular formula is C26H18Cl4N2O4S. The highest BCUT2D eigenvalue weighted by molar-refractivity contribution is 8.18. The Balaban J connectivity index is 1.48. The Morgan fingerprint density at radius 2 is 1.70 bits per heavy atom. The minimum atomic E-state index is -0.485. The summed E-state index contributed by atoms with van der Waals surface area (Å²) in [6.45, 7) is 1.56. The molecule has 0 unspecified atom stereocenters. The summed E-state index contributed by atoms with van der Waals surface area (Å²) < 4.78 is 5.70. The van der Waals surface area contributed by atoms with Gasteiger partial charge in [0.05, 0.1) is 11.4 Å². The molecule has 0 aromatic heterocycles. The smallest absolute Gasteiger partial charge is 0.293 e. The molecule has 1 aliphatic heterocycles. The molecule has 11 heteroatoms. The molecule has 1 heterocycles. The van der Waals surface area contributed by atoms with Crippen molar-refractivity contribution in [1.82, 2.24) is 4.90 Å². The third-order valence-corrected chi connectivity index (χ3v) is 7.43. The quantitative estimate of drug-likeness (QED) is 0.281. The zero-order valence-corrected chi connectivity index (χ0v) is 23.0. The fourth-order valence-electron chi connectivity index (χ4n) is 3.37. The minimum Gasteiger partial charge on any atom is -0.483 e. The number of hydrogen-bond acceptors (Lipinski definition) is 5. The normalized spacial score (nSPS) is 14.4. The van der Waals surface area contributed by atoms with Crippen LogP contribution in [0, 0.1) is 6.92 Å². The highest BCUT2D eigenvalue weighted by Crippen LogP contribution is 2.36. The van der Waals surface area contributed by atoms with Crippen molar-refractivity contribution in [2.24, 2.45) is 0 Å². The number of rotatable bonds is 7. The van der Waals surface area contributed by atoms with Crippen LogP contribution in [-0.2, 0) is 16.1 Å². The molecule has 3 aromatic carbocycles. The van der Waals surface area contributed by atoms with Crippen molar-refractivity contribution < 1.29 is 19.1 Å². The largest absolute Gasteiger partial charge is 0.483 e. The number of nitrogens with one attached hydrogen (secondary N) is 1. The van der Waals surface area contributed by atoms with Crippen molar-refractivity contribution in [1.29, 1.82) is 0 Å². The lowest BCUT2D eigenvalue weighted by Crippen LogP contribution is -2.27. The molecule has 1 N–H and O–H groups in total. The minimum absolute atomic E-state index is 0.000109. The summed E-state index contributed by atoms with van der Waals surface area (Å²) in [4.78, 5) is 39.3. The third-order valence-electron chi connectivity index (χ3n) is 5.29. The lowest BCUT2D eigenvalue weighted by Gasteiger charge is -2.14. The van der Waals surface area contributed by atoms with E-state index < -0.39 is 17.1 Å². The van der Waals surface area contributed by atoms with Gasteiger partial charge in [0.15, 0.2) is 6.61 Å². The lowest BCUT2D eigenvalue weighted by atomic mass is 10.1. The molecular weight excluding hydrogens is 578 g/mol. The Hall–Kier alpha value is -2.68. The standard InChI is InChI=1S/C26H18Cl4N2O4S/c1-14-2-6-19(11-20(14)29)31-24(33)13-36-22-7-5-17(27)8-16(22)9-23-25(34)32(26(35)37-23)12-15-3-4-18(28)10-21(15)30/h2-11H,12-13H2,1H3,(H,31,33)/b23-9-. The molecule has 190 valence electrons. The topological polar surface area (TPSA) is 75.7 Å². The van der Waals surface area contributed by atoms with Gasteiger partial charge in [0, 0.05) is 31.3 Å². The first-order valence-electron chi connectivity index (χ1n) is 10.8. The number of aryl methyl sites for hydroxylation is 1. The maximum Gasteiger partial charge on any atom is 0.293 e. The van der Waals surface area contributed by atoms with Gasteiger partial charge in [-0.25, -0.2) is 0 Å². The van der Waals surface area contributed by atoms with Crippen molar-refractivity contribution in [2.45, 2.75) is 13.5 Å². The van der Waals surface area contributed by atoms with Crippen LogP contribution in [0.4, 0.5) is 10.5 Å². The Bertz CT molecular complexity index is 1440. The van der Waals surface area contributed by atoms with Gasteiger partial charge >= 0.3 is 0 Å². The average Bonchev–Trinajstić information content (AvgIpc) is 3.10. The number of carbonyl (C=O) groups excluding carboxylic acids is 3. The van der Waals surface area contributed by atoms with E-state index in [1.54, 1.807) is 54.6 Å². The van der Waals surface area contributed by atoms with E-state index >= 15 is 0 Å². The van der Waals surface area contributed by atoms with Gasteiger partial charge in [-0.1, -0.05) is 58.5 Å². The Kier molecular flexibility index (Phi) is 8.72. The van der Waals surface area contributed by atoms with Crippen molar-refractivity contribution in [3.63, 3.8) is 0 Å². The maximum absolute atomic E-state index is 13.0. The Morgan fingerprint density at radius 1 is 0.973 bits per heavy atom. The number of nitrogens with zero attached hydrogens (tertiary/aromatic N) is 1. The number of imide groups is 1. The first-order chi connectivity index (χ1) is 17.6. The number of benzene rings is 3. The highest BCUT2D eigenvalue weighted by atomic mass is 35.5. The van der Waals surface area contributed by atoms with Crippen molar-refractivity contribution in [2.75, 3.05) is 11.9 Å². The molecule has 1 aliphatic rings. The van der Waals surface area contributed by atoms with Crippen molar-refractivity contribution in [3.8, 4) is 5.75 Å². The number of amides is 3. The summed E-state index contributed by atoms with van der Waals surface area (Å²) in [6, 6.07) is 14.8. The summed E-state index contributed by atoms with van der Waals surface area (Å²) in [5, 5.41) is 4.01. The van der Waals surface area contributed by atoms with Crippen LogP contribution in [-0.4, -0.2) is 28.6 Å². The molecule has 0 aliphatic carbocycles. The number of carbonyl (C=O) groups is 3. The molecule has 0 saturated carbocycles. The summed E-state index contributed by atoms with van der Waals surface area (Å²) in [5.41, 5.74) is 2.45. The van der Waals surface area contributed by atoms with Gasteiger partial charge in [0.1, 0.15) is 5.75 Å². The molecule has 37 heavy (non-hydrogen) atoms. The molecule has 0 radical (unpaired) electrons. The van der Waals surface area contributed by atoms with Crippen LogP contribution in [0.15, 0.2) is 59.5 Å². The zero-order valence-electron chi connectivity index (χ0n) is 19.2. The van der Waals surface area contributed by atoms with E-state index in [1.165, 1.54) is 6.08 Å². The van der Waals surface area contributed by atoms with Crippen LogP contribution in [0.25, 0.3) is 6.08 Å². The Labute approximate surface area is 237 Å². The summed E-state index contributed by atoms with van der Waals surface area (Å²) in [6.07, 6.45) is 1.51. The van der Waals surface area contributed by atoms with Gasteiger partial charge in [0.2, 0.25) is 0 Å². The molecule has 6 nitrogen and oxygen atoms in total. The summed E-state index contributed by atoms with van der Waals surface area (Å²) in [7, 11) is 0. The van der Waals surface area contributed by atoms with E-state index in [9.17, 15) is 14.4 Å². The number of thioether (sulfide) groups is 1. The van der Waals surface area contributed by atoms with Gasteiger partial charge in [-0.2, -0.15) is 0 Å². The Morgan fingerprint density at radius 3 is 2.43 bits per heavy atom. The van der Waals surface area contributed by atoms with Crippen LogP contribution >= 0.6 is 58.2 Å². The molecule has 3 amide bonds. The molecule has 0 atom stereocenters. The van der Waals surface area contributed by atoms with Crippen LogP contribution in [0.3, 0.4) is 0 Å². The number of anilines is 1. The fourth-order valence-corrected chi connectivity index (χ4v) is 5.03. The van der Waals surface area contributed by atoms with E-state index in [0.717, 1.165) is 22.2 Å². The van der Waals surface area contributed by atoms with E-state index in [2.05, 4.69) is 5.32 Å². The van der Waals surface area contributed by atoms with Gasteiger partial charge in [0.25, 0.3) is 17.1 Å². The molecule has 0 spiro atoms. The zero-order chi connectivity index (χ0) is 26.7. The molecule has 4 rings (SSSR count). The third kappa shape index (κ3) is 6.80. The van der Waals surface area contributed by atoms with E-state index in [1.807, 2.05) is 6.92 Å². The summed E-state index contributed by atoms with van der Waals surface area (Å²) >= 11 is 25.2. The second-order valence-electron chi connectivity index (χ2n) is 7.99. The first-order valence-corrected chi connectivity index (χ1v) is 13.1.